The molecule has 9 N–H and O–H groups in total. The molecule has 0 saturated carbocycles. The molecular weight excluding hydrogens is 724 g/mol. The maximum Gasteiger partial charge on any atom is 0.412 e. The van der Waals surface area contributed by atoms with Crippen LogP contribution in [0.5, 0.6) is 11.5 Å². The molecule has 0 aliphatic rings. The third kappa shape index (κ3) is 12.2. The first-order chi connectivity index (χ1) is 26.7. The van der Waals surface area contributed by atoms with E-state index >= 15 is 0 Å². The van der Waals surface area contributed by atoms with Crippen LogP contribution in [0, 0.1) is 0 Å². The third-order valence-corrected chi connectivity index (χ3v) is 7.74. The number of fused-ring (bicyclic) bond motifs is 1. The first kappa shape index (κ1) is 42.0. The van der Waals surface area contributed by atoms with Crippen LogP contribution in [0.25, 0.3) is 11.0 Å². The highest BCUT2D eigenvalue weighted by Gasteiger charge is 2.19. The molecule has 18 heteroatoms. The number of rotatable bonds is 20. The van der Waals surface area contributed by atoms with Crippen molar-refractivity contribution >= 4 is 57.9 Å². The number of hydrogen-bond donors (Lipinski definition) is 6. The lowest BCUT2D eigenvalue weighted by Gasteiger charge is -2.19. The van der Waals surface area contributed by atoms with E-state index in [0.717, 1.165) is 0 Å². The molecule has 0 unspecified atom stereocenters. The van der Waals surface area contributed by atoms with Gasteiger partial charge in [-0.25, -0.2) is 9.78 Å². The zero-order valence-electron chi connectivity index (χ0n) is 32.2. The number of anilines is 4. The number of imidazole rings is 1. The lowest BCUT2D eigenvalue weighted by molar-refractivity contribution is -0.143. The monoisotopic (exact) mass is 774 g/mol. The third-order valence-electron chi connectivity index (χ3n) is 7.74. The van der Waals surface area contributed by atoms with Crippen molar-refractivity contribution in [3.8, 4) is 11.5 Å². The normalized spacial score (nSPS) is 11.5. The summed E-state index contributed by atoms with van der Waals surface area (Å²) in [5.74, 6) is -0.359. The van der Waals surface area contributed by atoms with Crippen molar-refractivity contribution in [3.63, 3.8) is 0 Å². The first-order valence-electron chi connectivity index (χ1n) is 17.9. The number of aromatic nitrogens is 4. The number of nitrogens with zero attached hydrogens (tertiary/aromatic N) is 4. The minimum atomic E-state index is -0.656. The predicted molar refractivity (Wildman–Crippen MR) is 213 cm³/mol. The predicted octanol–water partition coefficient (Wildman–Crippen LogP) is 4.43. The molecule has 4 rings (SSSR count). The van der Waals surface area contributed by atoms with Crippen molar-refractivity contribution in [2.75, 3.05) is 55.1 Å². The summed E-state index contributed by atoms with van der Waals surface area (Å²) in [6.45, 7) is 8.81. The van der Waals surface area contributed by atoms with E-state index in [1.54, 1.807) is 63.8 Å². The number of carbonyl (C=O) groups is 4. The number of ether oxygens (including phenoxy) is 4. The van der Waals surface area contributed by atoms with Gasteiger partial charge in [0.15, 0.2) is 0 Å². The Morgan fingerprint density at radius 2 is 1.64 bits per heavy atom. The minimum Gasteiger partial charge on any atom is -0.491 e. The Morgan fingerprint density at radius 1 is 0.929 bits per heavy atom. The molecule has 0 aliphatic carbocycles. The number of nitrogens with two attached hydrogens (primary N) is 3. The number of nitrogen functional groups attached to an aromatic ring is 1. The van der Waals surface area contributed by atoms with Gasteiger partial charge in [-0.15, -0.1) is 0 Å². The second kappa shape index (κ2) is 19.6. The molecule has 0 fully saturated rings. The molecule has 0 spiro atoms. The van der Waals surface area contributed by atoms with E-state index in [1.165, 1.54) is 18.3 Å². The van der Waals surface area contributed by atoms with Gasteiger partial charge in [-0.2, -0.15) is 5.10 Å². The van der Waals surface area contributed by atoms with E-state index in [1.807, 2.05) is 22.8 Å². The maximum absolute atomic E-state index is 12.1. The Kier molecular flexibility index (Phi) is 14.7. The van der Waals surface area contributed by atoms with Crippen LogP contribution in [0.2, 0.25) is 0 Å². The number of hydrogen-bond acceptors (Lipinski definition) is 13. The summed E-state index contributed by atoms with van der Waals surface area (Å²) in [4.78, 5) is 52.5. The second-order valence-electron chi connectivity index (χ2n) is 13.3. The molecular formula is C38H50N10O8. The second-order valence-corrected chi connectivity index (χ2v) is 13.3. The lowest BCUT2D eigenvalue weighted by atomic mass is 10.1. The summed E-state index contributed by atoms with van der Waals surface area (Å²) in [5, 5.41) is 13.2. The Labute approximate surface area is 324 Å². The highest BCUT2D eigenvalue weighted by molar-refractivity contribution is 5.99. The fourth-order valence-corrected chi connectivity index (χ4v) is 5.33. The molecule has 4 aromatic rings. The molecule has 18 nitrogen and oxygen atoms in total. The Hall–Kier alpha value is -6.72. The molecule has 300 valence electrons. The summed E-state index contributed by atoms with van der Waals surface area (Å²) in [5.41, 5.74) is 19.6. The molecule has 0 radical (unpaired) electrons. The molecule has 2 heterocycles. The Bertz CT molecular complexity index is 2080. The number of carbonyl (C=O) groups excluding carboxylic acids is 4. The van der Waals surface area contributed by atoms with Crippen LogP contribution >= 0.6 is 0 Å². The van der Waals surface area contributed by atoms with E-state index in [0.29, 0.717) is 72.5 Å². The van der Waals surface area contributed by atoms with E-state index in [4.69, 9.17) is 36.1 Å². The highest BCUT2D eigenvalue weighted by Crippen LogP contribution is 2.33. The Morgan fingerprint density at radius 3 is 2.34 bits per heavy atom. The van der Waals surface area contributed by atoms with Gasteiger partial charge in [0.1, 0.15) is 34.9 Å². The fraction of sp³-hybridized carbons (Fsp3) is 0.368. The summed E-state index contributed by atoms with van der Waals surface area (Å²) in [7, 11) is 1.73. The lowest BCUT2D eigenvalue weighted by Crippen LogP contribution is -2.27. The van der Waals surface area contributed by atoms with Crippen LogP contribution in [0.3, 0.4) is 0 Å². The number of amides is 3. The van der Waals surface area contributed by atoms with Gasteiger partial charge in [0, 0.05) is 43.9 Å². The Balaban J connectivity index is 1.41. The van der Waals surface area contributed by atoms with Crippen LogP contribution in [0.15, 0.2) is 61.0 Å². The summed E-state index contributed by atoms with van der Waals surface area (Å²) >= 11 is 0. The van der Waals surface area contributed by atoms with Crippen molar-refractivity contribution in [3.05, 3.63) is 72.1 Å². The first-order valence-corrected chi connectivity index (χ1v) is 17.9. The molecule has 0 bridgehead atoms. The molecule has 2 aromatic carbocycles. The van der Waals surface area contributed by atoms with E-state index < -0.39 is 23.5 Å². The molecule has 3 amide bonds. The van der Waals surface area contributed by atoms with Gasteiger partial charge in [-0.05, 0) is 64.5 Å². The van der Waals surface area contributed by atoms with Crippen molar-refractivity contribution < 1.29 is 38.1 Å². The van der Waals surface area contributed by atoms with Gasteiger partial charge >= 0.3 is 12.1 Å². The van der Waals surface area contributed by atoms with Crippen LogP contribution in [0.1, 0.15) is 61.3 Å². The number of nitrogens with one attached hydrogen (secondary N) is 3. The van der Waals surface area contributed by atoms with Gasteiger partial charge in [-0.3, -0.25) is 24.4 Å². The van der Waals surface area contributed by atoms with E-state index in [-0.39, 0.29) is 42.4 Å². The zero-order chi connectivity index (χ0) is 40.8. The van der Waals surface area contributed by atoms with Gasteiger partial charge in [-0.1, -0.05) is 18.2 Å². The number of benzene rings is 2. The van der Waals surface area contributed by atoms with Crippen LogP contribution in [0.4, 0.5) is 27.8 Å². The van der Waals surface area contributed by atoms with Crippen LogP contribution < -0.4 is 42.6 Å². The van der Waals surface area contributed by atoms with E-state index in [2.05, 4.69) is 26.0 Å². The average molecular weight is 775 g/mol. The largest absolute Gasteiger partial charge is 0.491 e. The summed E-state index contributed by atoms with van der Waals surface area (Å²) in [6.07, 6.45) is 10.6. The number of allylic oxidation sites excluding steroid dienone is 2. The molecule has 2 aromatic heterocycles. The number of primary amides is 2. The van der Waals surface area contributed by atoms with Crippen molar-refractivity contribution in [2.45, 2.75) is 59.2 Å². The van der Waals surface area contributed by atoms with Gasteiger partial charge < -0.3 is 51.3 Å². The zero-order valence-corrected chi connectivity index (χ0v) is 32.2. The van der Waals surface area contributed by atoms with Crippen molar-refractivity contribution in [1.82, 2.24) is 19.3 Å². The highest BCUT2D eigenvalue weighted by atomic mass is 16.6. The molecule has 0 saturated heterocycles. The van der Waals surface area contributed by atoms with Crippen LogP contribution in [-0.2, 0) is 27.4 Å². The fourth-order valence-electron chi connectivity index (χ4n) is 5.33. The van der Waals surface area contributed by atoms with Crippen molar-refractivity contribution in [2.24, 2.45) is 11.5 Å². The molecule has 56 heavy (non-hydrogen) atoms. The van der Waals surface area contributed by atoms with Gasteiger partial charge in [0.25, 0.3) is 0 Å². The average Bonchev–Trinajstić information content (AvgIpc) is 3.73. The smallest absolute Gasteiger partial charge is 0.412 e. The molecule has 0 atom stereocenters. The van der Waals surface area contributed by atoms with E-state index in [9.17, 15) is 19.2 Å². The maximum atomic E-state index is 12.1. The SMILES string of the molecule is CCOC(=O)CCCOc1cc(C(N)=O)cc2nc(NC)n(C/C=C/CNc3c(N)cc(C(N)=O)cc3OC/C=C/Cn3cc(NC(=O)OC(C)(C)C)cn3)c12. The van der Waals surface area contributed by atoms with Gasteiger partial charge in [0.05, 0.1) is 42.8 Å². The van der Waals surface area contributed by atoms with Crippen molar-refractivity contribution in [1.29, 1.82) is 0 Å². The van der Waals surface area contributed by atoms with Crippen LogP contribution in [-0.4, -0.2) is 82.2 Å². The van der Waals surface area contributed by atoms with Gasteiger partial charge in [0.2, 0.25) is 17.8 Å². The number of esters is 1. The molecule has 0 aliphatic heterocycles. The summed E-state index contributed by atoms with van der Waals surface area (Å²) < 4.78 is 25.8. The minimum absolute atomic E-state index is 0.141. The quantitative estimate of drug-likeness (QED) is 0.0315. The summed E-state index contributed by atoms with van der Waals surface area (Å²) in [6, 6.07) is 6.16. The topological polar surface area (TPSA) is 255 Å². The standard InChI is InChI=1S/C38H50N10O8/c1-6-53-31(49)12-11-17-55-30-21-25(35(41)51)19-28-33(30)48(36(42-5)46-28)15-8-7-13-43-32-27(39)18-24(34(40)50)20-29(32)54-16-10-9-14-47-23-26(22-44-47)45-37(52)56-38(2,3)4/h7-10,18-23,43H,6,11-17,39H2,1-5H3,(H2,40,50)(H2,41,51)(H,42,46)(H,45,52)/b8-7+,10-9+.